The Hall–Kier alpha value is -2.67. The summed E-state index contributed by atoms with van der Waals surface area (Å²) in [5.41, 5.74) is 0.629. The molecule has 7 heteroatoms. The van der Waals surface area contributed by atoms with Gasteiger partial charge < -0.3 is 5.32 Å². The van der Waals surface area contributed by atoms with Crippen molar-refractivity contribution in [1.82, 2.24) is 25.3 Å². The van der Waals surface area contributed by atoms with Crippen LogP contribution in [0, 0.1) is 6.92 Å². The topological polar surface area (TPSA) is 92.7 Å². The first-order valence-corrected chi connectivity index (χ1v) is 6.45. The number of likely N-dealkylation sites (N-methyl/N-ethyl adjacent to an activating group) is 1. The Morgan fingerprint density at radius 3 is 2.86 bits per heavy atom. The van der Waals surface area contributed by atoms with Crippen molar-refractivity contribution in [3.8, 4) is 11.5 Å². The van der Waals surface area contributed by atoms with Gasteiger partial charge in [-0.1, -0.05) is 12.1 Å². The van der Waals surface area contributed by atoms with E-state index in [1.165, 1.54) is 6.08 Å². The summed E-state index contributed by atoms with van der Waals surface area (Å²) in [5.74, 6) is 0.864. The van der Waals surface area contributed by atoms with Crippen molar-refractivity contribution in [3.63, 3.8) is 0 Å². The number of anilines is 1. The number of aryl methyl sites for hydroxylation is 1. The molecule has 2 aromatic rings. The van der Waals surface area contributed by atoms with Gasteiger partial charge in [0.1, 0.15) is 11.5 Å². The van der Waals surface area contributed by atoms with Crippen LogP contribution < -0.4 is 10.6 Å². The van der Waals surface area contributed by atoms with Crippen LogP contribution in [0.4, 0.5) is 5.95 Å². The Morgan fingerprint density at radius 2 is 2.14 bits per heavy atom. The summed E-state index contributed by atoms with van der Waals surface area (Å²) in [7, 11) is 1.80. The SMILES string of the molecule is CNCC=CC(=O)Nc1nc(C)nc(-c2ccccn2)n1. The molecule has 0 aliphatic carbocycles. The summed E-state index contributed by atoms with van der Waals surface area (Å²) in [4.78, 5) is 28.4. The van der Waals surface area contributed by atoms with Gasteiger partial charge in [-0.2, -0.15) is 9.97 Å². The van der Waals surface area contributed by atoms with E-state index in [9.17, 15) is 4.79 Å². The zero-order valence-electron chi connectivity index (χ0n) is 11.9. The molecule has 0 saturated carbocycles. The monoisotopic (exact) mass is 284 g/mol. The highest BCUT2D eigenvalue weighted by molar-refractivity contribution is 5.98. The van der Waals surface area contributed by atoms with Crippen molar-refractivity contribution in [3.05, 3.63) is 42.4 Å². The van der Waals surface area contributed by atoms with Gasteiger partial charge >= 0.3 is 0 Å². The fourth-order valence-corrected chi connectivity index (χ4v) is 1.58. The molecule has 0 aliphatic rings. The van der Waals surface area contributed by atoms with Gasteiger partial charge in [-0.05, 0) is 26.1 Å². The maximum Gasteiger partial charge on any atom is 0.250 e. The van der Waals surface area contributed by atoms with Gasteiger partial charge in [0.2, 0.25) is 11.9 Å². The average Bonchev–Trinajstić information content (AvgIpc) is 2.48. The minimum atomic E-state index is -0.289. The first kappa shape index (κ1) is 14.7. The third kappa shape index (κ3) is 4.43. The number of rotatable bonds is 5. The third-order valence-corrected chi connectivity index (χ3v) is 2.47. The molecular formula is C14H16N6O. The molecule has 21 heavy (non-hydrogen) atoms. The Kier molecular flexibility index (Phi) is 5.05. The lowest BCUT2D eigenvalue weighted by atomic mass is 10.3. The molecule has 7 nitrogen and oxygen atoms in total. The molecule has 0 saturated heterocycles. The predicted molar refractivity (Wildman–Crippen MR) is 79.5 cm³/mol. The summed E-state index contributed by atoms with van der Waals surface area (Å²) in [5, 5.41) is 5.52. The number of carbonyl (C=O) groups excluding carboxylic acids is 1. The molecule has 0 fully saturated rings. The number of carbonyl (C=O) groups is 1. The quantitative estimate of drug-likeness (QED) is 0.794. The molecular weight excluding hydrogens is 268 g/mol. The normalized spacial score (nSPS) is 10.8. The Labute approximate surface area is 122 Å². The van der Waals surface area contributed by atoms with Gasteiger partial charge in [-0.15, -0.1) is 0 Å². The molecule has 0 unspecified atom stereocenters. The number of pyridine rings is 1. The van der Waals surface area contributed by atoms with Crippen LogP contribution in [0.25, 0.3) is 11.5 Å². The van der Waals surface area contributed by atoms with E-state index in [0.29, 0.717) is 23.9 Å². The summed E-state index contributed by atoms with van der Waals surface area (Å²) in [6.07, 6.45) is 4.80. The fourth-order valence-electron chi connectivity index (χ4n) is 1.58. The fraction of sp³-hybridized carbons (Fsp3) is 0.214. The van der Waals surface area contributed by atoms with Gasteiger partial charge in [0.15, 0.2) is 5.82 Å². The maximum atomic E-state index is 11.7. The Balaban J connectivity index is 2.18. The van der Waals surface area contributed by atoms with Crippen molar-refractivity contribution >= 4 is 11.9 Å². The highest BCUT2D eigenvalue weighted by atomic mass is 16.1. The van der Waals surface area contributed by atoms with Crippen LogP contribution in [0.1, 0.15) is 5.82 Å². The molecule has 2 aromatic heterocycles. The highest BCUT2D eigenvalue weighted by Crippen LogP contribution is 2.12. The van der Waals surface area contributed by atoms with Gasteiger partial charge in [0.05, 0.1) is 0 Å². The summed E-state index contributed by atoms with van der Waals surface area (Å²) < 4.78 is 0. The highest BCUT2D eigenvalue weighted by Gasteiger charge is 2.08. The molecule has 1 amide bonds. The molecule has 0 atom stereocenters. The minimum Gasteiger partial charge on any atom is -0.316 e. The second-order valence-corrected chi connectivity index (χ2v) is 4.19. The van der Waals surface area contributed by atoms with Crippen molar-refractivity contribution < 1.29 is 4.79 Å². The smallest absolute Gasteiger partial charge is 0.250 e. The standard InChI is InChI=1S/C14H16N6O/c1-10-17-13(11-6-3-4-9-16-11)20-14(18-10)19-12(21)7-5-8-15-2/h3-7,9,15H,8H2,1-2H3,(H,17,18,19,20,21). The van der Waals surface area contributed by atoms with Crippen molar-refractivity contribution in [2.45, 2.75) is 6.92 Å². The molecule has 0 radical (unpaired) electrons. The zero-order chi connectivity index (χ0) is 15.1. The van der Waals surface area contributed by atoms with E-state index in [1.54, 1.807) is 32.3 Å². The molecule has 2 N–H and O–H groups in total. The average molecular weight is 284 g/mol. The number of hydrogen-bond donors (Lipinski definition) is 2. The second-order valence-electron chi connectivity index (χ2n) is 4.19. The number of aromatic nitrogens is 4. The van der Waals surface area contributed by atoms with E-state index in [1.807, 2.05) is 12.1 Å². The molecule has 108 valence electrons. The lowest BCUT2D eigenvalue weighted by Gasteiger charge is -2.04. The molecule has 2 rings (SSSR count). The predicted octanol–water partition coefficient (Wildman–Crippen LogP) is 0.956. The van der Waals surface area contributed by atoms with Crippen LogP contribution in [0.3, 0.4) is 0 Å². The van der Waals surface area contributed by atoms with Crippen LogP contribution in [-0.4, -0.2) is 39.4 Å². The van der Waals surface area contributed by atoms with Crippen LogP contribution in [-0.2, 0) is 4.79 Å². The third-order valence-electron chi connectivity index (χ3n) is 2.47. The van der Waals surface area contributed by atoms with E-state index in [-0.39, 0.29) is 11.9 Å². The minimum absolute atomic E-state index is 0.210. The van der Waals surface area contributed by atoms with E-state index in [4.69, 9.17) is 0 Å². The maximum absolute atomic E-state index is 11.7. The largest absolute Gasteiger partial charge is 0.316 e. The number of hydrogen-bond acceptors (Lipinski definition) is 6. The van der Waals surface area contributed by atoms with Gasteiger partial charge in [-0.3, -0.25) is 15.1 Å². The molecule has 2 heterocycles. The van der Waals surface area contributed by atoms with Crippen molar-refractivity contribution in [2.24, 2.45) is 0 Å². The zero-order valence-corrected chi connectivity index (χ0v) is 11.9. The summed E-state index contributed by atoms with van der Waals surface area (Å²) >= 11 is 0. The van der Waals surface area contributed by atoms with E-state index >= 15 is 0 Å². The van der Waals surface area contributed by atoms with Crippen LogP contribution in [0.5, 0.6) is 0 Å². The molecule has 0 aliphatic heterocycles. The Bertz CT molecular complexity index is 641. The molecule has 0 spiro atoms. The van der Waals surface area contributed by atoms with E-state index in [2.05, 4.69) is 30.6 Å². The Morgan fingerprint density at radius 1 is 1.29 bits per heavy atom. The lowest BCUT2D eigenvalue weighted by Crippen LogP contribution is -2.14. The first-order chi connectivity index (χ1) is 10.2. The van der Waals surface area contributed by atoms with Crippen LogP contribution >= 0.6 is 0 Å². The number of nitrogens with one attached hydrogen (secondary N) is 2. The summed E-state index contributed by atoms with van der Waals surface area (Å²) in [6, 6.07) is 5.46. The molecule has 0 bridgehead atoms. The first-order valence-electron chi connectivity index (χ1n) is 6.45. The van der Waals surface area contributed by atoms with E-state index < -0.39 is 0 Å². The van der Waals surface area contributed by atoms with Gasteiger partial charge in [-0.25, -0.2) is 4.98 Å². The number of amides is 1. The van der Waals surface area contributed by atoms with Crippen LogP contribution in [0.15, 0.2) is 36.5 Å². The number of nitrogens with zero attached hydrogens (tertiary/aromatic N) is 4. The lowest BCUT2D eigenvalue weighted by molar-refractivity contribution is -0.112. The summed E-state index contributed by atoms with van der Waals surface area (Å²) in [6.45, 7) is 2.35. The van der Waals surface area contributed by atoms with Crippen molar-refractivity contribution in [1.29, 1.82) is 0 Å². The second kappa shape index (κ2) is 7.20. The van der Waals surface area contributed by atoms with E-state index in [0.717, 1.165) is 0 Å². The van der Waals surface area contributed by atoms with Crippen molar-refractivity contribution in [2.75, 3.05) is 18.9 Å². The van der Waals surface area contributed by atoms with Gasteiger partial charge in [0.25, 0.3) is 0 Å². The molecule has 0 aromatic carbocycles. The van der Waals surface area contributed by atoms with Crippen LogP contribution in [0.2, 0.25) is 0 Å². The van der Waals surface area contributed by atoms with Gasteiger partial charge in [0, 0.05) is 18.8 Å².